The van der Waals surface area contributed by atoms with E-state index in [0.717, 1.165) is 15.7 Å². The zero-order chi connectivity index (χ0) is 14.5. The number of halogens is 1. The number of nitrogens with zero attached hydrogens (tertiary/aromatic N) is 2. The van der Waals surface area contributed by atoms with Gasteiger partial charge < -0.3 is 10.2 Å². The highest BCUT2D eigenvalue weighted by Gasteiger charge is 2.06. The SMILES string of the molecule is CN(C)c1ccc(CNC(=O)c2cncc(Br)c2)cc1. The highest BCUT2D eigenvalue weighted by molar-refractivity contribution is 9.10. The maximum absolute atomic E-state index is 12.0. The summed E-state index contributed by atoms with van der Waals surface area (Å²) in [5, 5.41) is 2.88. The van der Waals surface area contributed by atoms with Gasteiger partial charge >= 0.3 is 0 Å². The van der Waals surface area contributed by atoms with Crippen LogP contribution in [0.4, 0.5) is 5.69 Å². The van der Waals surface area contributed by atoms with Crippen LogP contribution in [0.3, 0.4) is 0 Å². The van der Waals surface area contributed by atoms with E-state index >= 15 is 0 Å². The second-order valence-corrected chi connectivity index (χ2v) is 5.55. The molecule has 1 amide bonds. The number of pyridine rings is 1. The van der Waals surface area contributed by atoms with Crippen LogP contribution in [0, 0.1) is 0 Å². The first kappa shape index (κ1) is 14.5. The van der Waals surface area contributed by atoms with Crippen LogP contribution >= 0.6 is 15.9 Å². The fourth-order valence-corrected chi connectivity index (χ4v) is 2.10. The molecule has 0 bridgehead atoms. The monoisotopic (exact) mass is 333 g/mol. The van der Waals surface area contributed by atoms with Crippen LogP contribution in [0.2, 0.25) is 0 Å². The van der Waals surface area contributed by atoms with Crippen molar-refractivity contribution >= 4 is 27.5 Å². The van der Waals surface area contributed by atoms with Gasteiger partial charge in [0.15, 0.2) is 0 Å². The van der Waals surface area contributed by atoms with Gasteiger partial charge in [0.05, 0.1) is 5.56 Å². The summed E-state index contributed by atoms with van der Waals surface area (Å²) in [6.45, 7) is 0.499. The zero-order valence-corrected chi connectivity index (χ0v) is 13.0. The third kappa shape index (κ3) is 3.81. The summed E-state index contributed by atoms with van der Waals surface area (Å²) >= 11 is 3.30. The van der Waals surface area contributed by atoms with Crippen LogP contribution in [-0.4, -0.2) is 25.0 Å². The summed E-state index contributed by atoms with van der Waals surface area (Å²) < 4.78 is 0.792. The van der Waals surface area contributed by atoms with Gasteiger partial charge in [-0.05, 0) is 39.7 Å². The molecule has 0 aliphatic heterocycles. The van der Waals surface area contributed by atoms with E-state index in [-0.39, 0.29) is 5.91 Å². The Hall–Kier alpha value is -1.88. The first-order valence-corrected chi connectivity index (χ1v) is 7.00. The van der Waals surface area contributed by atoms with E-state index in [1.165, 1.54) is 0 Å². The normalized spacial score (nSPS) is 10.2. The average Bonchev–Trinajstić information content (AvgIpc) is 2.45. The third-order valence-electron chi connectivity index (χ3n) is 2.87. The number of hydrogen-bond donors (Lipinski definition) is 1. The standard InChI is InChI=1S/C15H16BrN3O/c1-19(2)14-5-3-11(4-6-14)8-18-15(20)12-7-13(16)10-17-9-12/h3-7,9-10H,8H2,1-2H3,(H,18,20). The molecule has 2 aromatic rings. The number of rotatable bonds is 4. The molecule has 1 heterocycles. The lowest BCUT2D eigenvalue weighted by Crippen LogP contribution is -2.22. The predicted octanol–water partition coefficient (Wildman–Crippen LogP) is 2.84. The molecule has 5 heteroatoms. The molecule has 1 aromatic heterocycles. The smallest absolute Gasteiger partial charge is 0.253 e. The van der Waals surface area contributed by atoms with Crippen LogP contribution < -0.4 is 10.2 Å². The van der Waals surface area contributed by atoms with Crippen molar-refractivity contribution in [3.8, 4) is 0 Å². The Balaban J connectivity index is 1.96. The molecule has 0 aliphatic rings. The predicted molar refractivity (Wildman–Crippen MR) is 83.9 cm³/mol. The van der Waals surface area contributed by atoms with Gasteiger partial charge in [-0.2, -0.15) is 0 Å². The highest BCUT2D eigenvalue weighted by atomic mass is 79.9. The van der Waals surface area contributed by atoms with E-state index in [4.69, 9.17) is 0 Å². The Kier molecular flexibility index (Phi) is 4.74. The Morgan fingerprint density at radius 1 is 1.25 bits per heavy atom. The van der Waals surface area contributed by atoms with Crippen LogP contribution in [0.5, 0.6) is 0 Å². The van der Waals surface area contributed by atoms with Gasteiger partial charge in [-0.1, -0.05) is 12.1 Å². The zero-order valence-electron chi connectivity index (χ0n) is 11.4. The summed E-state index contributed by atoms with van der Waals surface area (Å²) in [7, 11) is 3.99. The Labute approximate surface area is 127 Å². The molecule has 0 atom stereocenters. The molecule has 0 spiro atoms. The Morgan fingerprint density at radius 2 is 1.95 bits per heavy atom. The third-order valence-corrected chi connectivity index (χ3v) is 3.31. The number of benzene rings is 1. The van der Waals surface area contributed by atoms with Gasteiger partial charge in [-0.25, -0.2) is 0 Å². The summed E-state index contributed by atoms with van der Waals surface area (Å²) in [4.78, 5) is 18.0. The molecule has 0 fully saturated rings. The van der Waals surface area contributed by atoms with Crippen molar-refractivity contribution in [1.29, 1.82) is 0 Å². The summed E-state index contributed by atoms with van der Waals surface area (Å²) in [5.41, 5.74) is 2.74. The Morgan fingerprint density at radius 3 is 2.55 bits per heavy atom. The molecule has 4 nitrogen and oxygen atoms in total. The molecule has 0 saturated carbocycles. The number of nitrogens with one attached hydrogen (secondary N) is 1. The van der Waals surface area contributed by atoms with Crippen molar-refractivity contribution in [3.63, 3.8) is 0 Å². The van der Waals surface area contributed by atoms with Gasteiger partial charge in [-0.15, -0.1) is 0 Å². The lowest BCUT2D eigenvalue weighted by Gasteiger charge is -2.13. The number of hydrogen-bond acceptors (Lipinski definition) is 3. The van der Waals surface area contributed by atoms with Gasteiger partial charge in [0, 0.05) is 43.2 Å². The van der Waals surface area contributed by atoms with Gasteiger partial charge in [-0.3, -0.25) is 9.78 Å². The molecule has 0 saturated heterocycles. The van der Waals surface area contributed by atoms with Crippen LogP contribution in [0.1, 0.15) is 15.9 Å². The van der Waals surface area contributed by atoms with Crippen LogP contribution in [0.25, 0.3) is 0 Å². The highest BCUT2D eigenvalue weighted by Crippen LogP contribution is 2.13. The molecule has 20 heavy (non-hydrogen) atoms. The van der Waals surface area contributed by atoms with E-state index < -0.39 is 0 Å². The first-order valence-electron chi connectivity index (χ1n) is 6.21. The topological polar surface area (TPSA) is 45.2 Å². The molecule has 1 aromatic carbocycles. The van der Waals surface area contributed by atoms with E-state index in [9.17, 15) is 4.79 Å². The number of anilines is 1. The van der Waals surface area contributed by atoms with E-state index in [1.807, 2.05) is 43.3 Å². The maximum Gasteiger partial charge on any atom is 0.253 e. The molecular formula is C15H16BrN3O. The maximum atomic E-state index is 12.0. The quantitative estimate of drug-likeness (QED) is 0.935. The second kappa shape index (κ2) is 6.52. The summed E-state index contributed by atoms with van der Waals surface area (Å²) in [6.07, 6.45) is 3.20. The van der Waals surface area contributed by atoms with Crippen LogP contribution in [0.15, 0.2) is 47.2 Å². The lowest BCUT2D eigenvalue weighted by atomic mass is 10.2. The minimum Gasteiger partial charge on any atom is -0.378 e. The molecular weight excluding hydrogens is 318 g/mol. The van der Waals surface area contributed by atoms with E-state index in [0.29, 0.717) is 12.1 Å². The minimum atomic E-state index is -0.129. The molecule has 104 valence electrons. The number of carbonyl (C=O) groups excluding carboxylic acids is 1. The van der Waals surface area contributed by atoms with Gasteiger partial charge in [0.1, 0.15) is 0 Å². The Bertz CT molecular complexity index is 596. The fourth-order valence-electron chi connectivity index (χ4n) is 1.73. The molecule has 0 unspecified atom stereocenters. The summed E-state index contributed by atoms with van der Waals surface area (Å²) in [6, 6.07) is 9.82. The fraction of sp³-hybridized carbons (Fsp3) is 0.200. The van der Waals surface area contributed by atoms with Crippen molar-refractivity contribution in [2.24, 2.45) is 0 Å². The molecule has 1 N–H and O–H groups in total. The molecule has 0 radical (unpaired) electrons. The van der Waals surface area contributed by atoms with Crippen molar-refractivity contribution in [3.05, 3.63) is 58.3 Å². The van der Waals surface area contributed by atoms with E-state index in [1.54, 1.807) is 18.5 Å². The number of carbonyl (C=O) groups is 1. The van der Waals surface area contributed by atoms with Gasteiger partial charge in [0.2, 0.25) is 0 Å². The van der Waals surface area contributed by atoms with Crippen molar-refractivity contribution < 1.29 is 4.79 Å². The first-order chi connectivity index (χ1) is 9.56. The second-order valence-electron chi connectivity index (χ2n) is 4.64. The van der Waals surface area contributed by atoms with Crippen molar-refractivity contribution in [2.75, 3.05) is 19.0 Å². The molecule has 2 rings (SSSR count). The average molecular weight is 334 g/mol. The van der Waals surface area contributed by atoms with Crippen molar-refractivity contribution in [2.45, 2.75) is 6.54 Å². The van der Waals surface area contributed by atoms with Gasteiger partial charge in [0.25, 0.3) is 5.91 Å². The van der Waals surface area contributed by atoms with Crippen LogP contribution in [-0.2, 0) is 6.54 Å². The van der Waals surface area contributed by atoms with E-state index in [2.05, 4.69) is 26.2 Å². The molecule has 0 aliphatic carbocycles. The number of amides is 1. The summed E-state index contributed by atoms with van der Waals surface area (Å²) in [5.74, 6) is -0.129. The number of aromatic nitrogens is 1. The van der Waals surface area contributed by atoms with Crippen molar-refractivity contribution in [1.82, 2.24) is 10.3 Å². The largest absolute Gasteiger partial charge is 0.378 e. The lowest BCUT2D eigenvalue weighted by molar-refractivity contribution is 0.0950. The minimum absolute atomic E-state index is 0.129.